The van der Waals surface area contributed by atoms with Gasteiger partial charge < -0.3 is 10.2 Å². The summed E-state index contributed by atoms with van der Waals surface area (Å²) in [5.74, 6) is 0.819. The molecule has 1 unspecified atom stereocenters. The second kappa shape index (κ2) is 10.6. The SMILES string of the molecule is Cc1ccc(-n2nc(C3CCN(C(C)C(=O)N4CCCC4)CC3)cc2NC(=O)c2cnn3cccnc23)cc1. The lowest BCUT2D eigenvalue weighted by atomic mass is 9.92. The first-order valence-electron chi connectivity index (χ1n) is 13.8. The van der Waals surface area contributed by atoms with Crippen LogP contribution in [0.2, 0.25) is 0 Å². The smallest absolute Gasteiger partial charge is 0.262 e. The number of hydrogen-bond acceptors (Lipinski definition) is 6. The Morgan fingerprint density at radius 1 is 1.05 bits per heavy atom. The van der Waals surface area contributed by atoms with Crippen molar-refractivity contribution in [2.24, 2.45) is 0 Å². The van der Waals surface area contributed by atoms with E-state index in [4.69, 9.17) is 5.10 Å². The number of carbonyl (C=O) groups excluding carboxylic acids is 2. The van der Waals surface area contributed by atoms with E-state index in [1.54, 1.807) is 27.7 Å². The maximum Gasteiger partial charge on any atom is 0.262 e. The van der Waals surface area contributed by atoms with Crippen molar-refractivity contribution in [3.05, 3.63) is 71.8 Å². The number of hydrogen-bond donors (Lipinski definition) is 1. The third-order valence-electron chi connectivity index (χ3n) is 8.04. The number of likely N-dealkylation sites (tertiary alicyclic amines) is 2. The van der Waals surface area contributed by atoms with Gasteiger partial charge in [0.25, 0.3) is 5.91 Å². The maximum absolute atomic E-state index is 13.3. The first kappa shape index (κ1) is 25.2. The number of fused-ring (bicyclic) bond motifs is 1. The van der Waals surface area contributed by atoms with Gasteiger partial charge in [0.15, 0.2) is 5.65 Å². The number of benzene rings is 1. The summed E-state index contributed by atoms with van der Waals surface area (Å²) in [6.07, 6.45) is 8.98. The van der Waals surface area contributed by atoms with E-state index in [2.05, 4.69) is 20.3 Å². The van der Waals surface area contributed by atoms with Crippen molar-refractivity contribution >= 4 is 23.3 Å². The Bertz CT molecular complexity index is 1480. The van der Waals surface area contributed by atoms with E-state index in [1.807, 2.05) is 49.1 Å². The average Bonchev–Trinajstić information content (AvgIpc) is 3.73. The van der Waals surface area contributed by atoms with E-state index in [-0.39, 0.29) is 23.8 Å². The van der Waals surface area contributed by atoms with Gasteiger partial charge in [-0.25, -0.2) is 14.2 Å². The Morgan fingerprint density at radius 2 is 1.79 bits per heavy atom. The van der Waals surface area contributed by atoms with Gasteiger partial charge >= 0.3 is 0 Å². The molecule has 0 spiro atoms. The average molecular weight is 527 g/mol. The van der Waals surface area contributed by atoms with Gasteiger partial charge in [0, 0.05) is 37.5 Å². The normalized spacial score (nSPS) is 17.5. The number of nitrogens with zero attached hydrogens (tertiary/aromatic N) is 7. The summed E-state index contributed by atoms with van der Waals surface area (Å²) in [5, 5.41) is 12.3. The highest BCUT2D eigenvalue weighted by Gasteiger charge is 2.32. The van der Waals surface area contributed by atoms with Crippen LogP contribution in [0.15, 0.2) is 55.0 Å². The molecule has 1 aromatic carbocycles. The topological polar surface area (TPSA) is 101 Å². The Morgan fingerprint density at radius 3 is 2.54 bits per heavy atom. The van der Waals surface area contributed by atoms with Crippen LogP contribution in [0.25, 0.3) is 11.3 Å². The number of rotatable bonds is 6. The Hall–Kier alpha value is -4.05. The molecule has 2 fully saturated rings. The summed E-state index contributed by atoms with van der Waals surface area (Å²) in [6.45, 7) is 7.54. The van der Waals surface area contributed by atoms with Gasteiger partial charge in [0.05, 0.1) is 23.6 Å². The van der Waals surface area contributed by atoms with E-state index in [1.165, 1.54) is 6.20 Å². The van der Waals surface area contributed by atoms with Crippen molar-refractivity contribution in [1.82, 2.24) is 34.2 Å². The number of aryl methyl sites for hydroxylation is 1. The van der Waals surface area contributed by atoms with Crippen LogP contribution in [-0.4, -0.2) is 78.2 Å². The van der Waals surface area contributed by atoms with Crippen LogP contribution in [0.3, 0.4) is 0 Å². The van der Waals surface area contributed by atoms with Crippen LogP contribution >= 0.6 is 0 Å². The summed E-state index contributed by atoms with van der Waals surface area (Å²) in [6, 6.07) is 11.7. The summed E-state index contributed by atoms with van der Waals surface area (Å²) in [7, 11) is 0. The molecule has 0 saturated carbocycles. The van der Waals surface area contributed by atoms with Crippen LogP contribution in [0.4, 0.5) is 5.82 Å². The minimum absolute atomic E-state index is 0.0940. The fraction of sp³-hybridized carbons (Fsp3) is 0.414. The highest BCUT2D eigenvalue weighted by molar-refractivity contribution is 6.07. The minimum Gasteiger partial charge on any atom is -0.341 e. The molecule has 6 rings (SSSR count). The van der Waals surface area contributed by atoms with Crippen molar-refractivity contribution < 1.29 is 9.59 Å². The summed E-state index contributed by atoms with van der Waals surface area (Å²) >= 11 is 0. The zero-order valence-corrected chi connectivity index (χ0v) is 22.5. The Balaban J connectivity index is 1.22. The molecule has 2 aliphatic rings. The van der Waals surface area contributed by atoms with Crippen LogP contribution in [0.5, 0.6) is 0 Å². The van der Waals surface area contributed by atoms with E-state index < -0.39 is 0 Å². The standard InChI is InChI=1S/C29H34N8O2/c1-20-6-8-23(9-7-20)37-26(32-28(38)24-19-31-36-15-5-12-30-27(24)36)18-25(33-37)22-10-16-34(17-11-22)21(2)29(39)35-13-3-4-14-35/h5-9,12,15,18-19,21-22H,3-4,10-11,13-14,16-17H2,1-2H3,(H,32,38). The number of piperidine rings is 1. The number of carbonyl (C=O) groups is 2. The van der Waals surface area contributed by atoms with E-state index in [9.17, 15) is 9.59 Å². The molecule has 39 heavy (non-hydrogen) atoms. The molecule has 10 nitrogen and oxygen atoms in total. The van der Waals surface area contributed by atoms with Crippen molar-refractivity contribution in [1.29, 1.82) is 0 Å². The summed E-state index contributed by atoms with van der Waals surface area (Å²) in [4.78, 5) is 34.9. The summed E-state index contributed by atoms with van der Waals surface area (Å²) in [5.41, 5.74) is 3.88. The molecular formula is C29H34N8O2. The number of anilines is 1. The van der Waals surface area contributed by atoms with Gasteiger partial charge in [-0.1, -0.05) is 17.7 Å². The molecular weight excluding hydrogens is 492 g/mol. The molecule has 0 bridgehead atoms. The highest BCUT2D eigenvalue weighted by Crippen LogP contribution is 2.31. The van der Waals surface area contributed by atoms with Crippen LogP contribution in [0.1, 0.15) is 60.1 Å². The molecule has 5 heterocycles. The molecule has 0 aliphatic carbocycles. The quantitative estimate of drug-likeness (QED) is 0.412. The fourth-order valence-corrected chi connectivity index (χ4v) is 5.68. The fourth-order valence-electron chi connectivity index (χ4n) is 5.68. The zero-order valence-electron chi connectivity index (χ0n) is 22.5. The third kappa shape index (κ3) is 5.04. The second-order valence-electron chi connectivity index (χ2n) is 10.6. The molecule has 10 heteroatoms. The lowest BCUT2D eigenvalue weighted by Gasteiger charge is -2.36. The largest absolute Gasteiger partial charge is 0.341 e. The van der Waals surface area contributed by atoms with E-state index in [0.29, 0.717) is 17.0 Å². The Labute approximate surface area is 227 Å². The predicted molar refractivity (Wildman–Crippen MR) is 148 cm³/mol. The lowest BCUT2D eigenvalue weighted by Crippen LogP contribution is -2.48. The molecule has 2 saturated heterocycles. The maximum atomic E-state index is 13.3. The van der Waals surface area contributed by atoms with Gasteiger partial charge in [-0.15, -0.1) is 0 Å². The minimum atomic E-state index is -0.285. The third-order valence-corrected chi connectivity index (χ3v) is 8.04. The van der Waals surface area contributed by atoms with E-state index >= 15 is 0 Å². The van der Waals surface area contributed by atoms with Gasteiger partial charge in [-0.2, -0.15) is 10.2 Å². The van der Waals surface area contributed by atoms with Gasteiger partial charge in [0.1, 0.15) is 11.4 Å². The zero-order chi connectivity index (χ0) is 26.9. The number of amides is 2. The lowest BCUT2D eigenvalue weighted by molar-refractivity contribution is -0.135. The van der Waals surface area contributed by atoms with Crippen molar-refractivity contribution in [3.63, 3.8) is 0 Å². The molecule has 4 aromatic rings. The molecule has 1 atom stereocenters. The highest BCUT2D eigenvalue weighted by atomic mass is 16.2. The van der Waals surface area contributed by atoms with Crippen LogP contribution in [0, 0.1) is 6.92 Å². The molecule has 2 aliphatic heterocycles. The van der Waals surface area contributed by atoms with E-state index in [0.717, 1.165) is 68.8 Å². The Kier molecular flexibility index (Phi) is 6.86. The molecule has 2 amide bonds. The monoisotopic (exact) mass is 526 g/mol. The first-order valence-corrected chi connectivity index (χ1v) is 13.8. The number of nitrogens with one attached hydrogen (secondary N) is 1. The van der Waals surface area contributed by atoms with Crippen molar-refractivity contribution in [3.8, 4) is 5.69 Å². The van der Waals surface area contributed by atoms with Crippen molar-refractivity contribution in [2.75, 3.05) is 31.5 Å². The predicted octanol–water partition coefficient (Wildman–Crippen LogP) is 3.67. The van der Waals surface area contributed by atoms with Crippen molar-refractivity contribution in [2.45, 2.75) is 51.5 Å². The molecule has 0 radical (unpaired) electrons. The molecule has 202 valence electrons. The first-order chi connectivity index (χ1) is 19.0. The van der Waals surface area contributed by atoms with Crippen LogP contribution < -0.4 is 5.32 Å². The van der Waals surface area contributed by atoms with Gasteiger partial charge in [-0.05, 0) is 70.8 Å². The summed E-state index contributed by atoms with van der Waals surface area (Å²) < 4.78 is 3.39. The van der Waals surface area contributed by atoms with Gasteiger partial charge in [0.2, 0.25) is 5.91 Å². The molecule has 3 aromatic heterocycles. The van der Waals surface area contributed by atoms with Crippen LogP contribution in [-0.2, 0) is 4.79 Å². The second-order valence-corrected chi connectivity index (χ2v) is 10.6. The van der Waals surface area contributed by atoms with Gasteiger partial charge in [-0.3, -0.25) is 14.5 Å². The number of aromatic nitrogens is 5. The molecule has 1 N–H and O–H groups in total.